The predicted molar refractivity (Wildman–Crippen MR) is 192 cm³/mol. The van der Waals surface area contributed by atoms with Gasteiger partial charge in [-0.05, 0) is 126 Å². The lowest BCUT2D eigenvalue weighted by molar-refractivity contribution is -0.191. The van der Waals surface area contributed by atoms with Gasteiger partial charge in [0.2, 0.25) is 5.91 Å². The van der Waals surface area contributed by atoms with Crippen LogP contribution in [0.4, 0.5) is 0 Å². The van der Waals surface area contributed by atoms with Crippen molar-refractivity contribution >= 4 is 50.9 Å². The molecule has 5 rings (SSSR count). The van der Waals surface area contributed by atoms with E-state index < -0.39 is 5.97 Å². The molecule has 7 nitrogen and oxygen atoms in total. The minimum Gasteiger partial charge on any atom is -0.481 e. The van der Waals surface area contributed by atoms with E-state index in [0.717, 1.165) is 55.2 Å². The molecule has 0 spiro atoms. The van der Waals surface area contributed by atoms with Crippen molar-refractivity contribution in [1.29, 1.82) is 0 Å². The van der Waals surface area contributed by atoms with Crippen molar-refractivity contribution in [1.82, 2.24) is 5.32 Å². The number of ether oxygens (including phenoxy) is 1. The number of esters is 1. The number of unbranched alkanes of at least 4 members (excludes halogenated alkanes) is 3. The molecule has 268 valence electrons. The molecular weight excluding hydrogens is 690 g/mol. The van der Waals surface area contributed by atoms with Crippen molar-refractivity contribution in [2.45, 2.75) is 143 Å². The third kappa shape index (κ3) is 8.08. The van der Waals surface area contributed by atoms with Gasteiger partial charge >= 0.3 is 11.9 Å². The Kier molecular flexibility index (Phi) is 12.2. The summed E-state index contributed by atoms with van der Waals surface area (Å²) in [7, 11) is 0. The number of nitrogens with one attached hydrogen (secondary N) is 1. The predicted octanol–water partition coefficient (Wildman–Crippen LogP) is 9.53. The van der Waals surface area contributed by atoms with E-state index in [2.05, 4.69) is 68.0 Å². The van der Waals surface area contributed by atoms with Crippen molar-refractivity contribution in [2.75, 3.05) is 0 Å². The van der Waals surface area contributed by atoms with Crippen LogP contribution in [0.2, 0.25) is 0 Å². The number of carboxylic acid groups (broad SMARTS) is 1. The van der Waals surface area contributed by atoms with Gasteiger partial charge in [-0.25, -0.2) is 0 Å². The number of Topliss-reactive ketones (excluding diaryl/α,β-unsaturated/α-hetero) is 1. The summed E-state index contributed by atoms with van der Waals surface area (Å²) in [4.78, 5) is 51.5. The Balaban J connectivity index is 1.28. The minimum absolute atomic E-state index is 0.00170. The summed E-state index contributed by atoms with van der Waals surface area (Å²) in [6.45, 7) is 11.5. The van der Waals surface area contributed by atoms with E-state index in [-0.39, 0.29) is 59.0 Å². The molecule has 4 saturated carbocycles. The van der Waals surface area contributed by atoms with Gasteiger partial charge in [-0.3, -0.25) is 19.2 Å². The Morgan fingerprint density at radius 2 is 1.71 bits per heavy atom. The first-order chi connectivity index (χ1) is 22.7. The molecule has 2 unspecified atom stereocenters. The lowest BCUT2D eigenvalue weighted by Crippen LogP contribution is -2.59. The van der Waals surface area contributed by atoms with Gasteiger partial charge in [0.25, 0.3) is 0 Å². The number of ketones is 1. The maximum atomic E-state index is 13.5. The van der Waals surface area contributed by atoms with Crippen LogP contribution < -0.4 is 5.32 Å². The van der Waals surface area contributed by atoms with Gasteiger partial charge in [0.05, 0.1) is 9.83 Å². The first-order valence-corrected chi connectivity index (χ1v) is 20.3. The summed E-state index contributed by atoms with van der Waals surface area (Å²) in [5, 5.41) is 12.3. The summed E-state index contributed by atoms with van der Waals surface area (Å²) >= 11 is 5.26. The molecule has 4 aliphatic rings. The van der Waals surface area contributed by atoms with Crippen LogP contribution in [0.25, 0.3) is 0 Å². The number of thiophene rings is 1. The van der Waals surface area contributed by atoms with E-state index in [9.17, 15) is 19.2 Å². The molecule has 1 amide bonds. The standard InChI is InChI=1S/C39H58BrNO6S/c1-23(2)37(31-14-15-32(40)48-31)41-33(43)20-24(3)27-12-13-28-36-29(17-19-39(27,28)5)38(4)18-16-26(42)21-25(38)22-30(36)47-35(46)11-9-7-6-8-10-34(44)45/h14-15,23-25,27-30,36-37H,6-13,16-22H2,1-5H3,(H,41,43)(H,44,45)/t24-,25+,27?,28+,29+,30-,36+,37?,38+,39-/m1/s1. The molecule has 4 aliphatic carbocycles. The zero-order valence-corrected chi connectivity index (χ0v) is 32.1. The SMILES string of the molecule is CC(C)C(NC(=O)C[C@@H](C)C1CC[C@H]2[C@@H]3[C@H](OC(=O)CCCCCCC(=O)O)C[C@@H]4CC(=O)CC[C@]4(C)[C@H]3CC[C@]12C)c1ccc(Br)s1. The van der Waals surface area contributed by atoms with Crippen LogP contribution in [0.1, 0.15) is 142 Å². The number of aliphatic carboxylic acids is 1. The zero-order chi connectivity index (χ0) is 34.8. The largest absolute Gasteiger partial charge is 0.481 e. The fraction of sp³-hybridized carbons (Fsp3) is 0.795. The van der Waals surface area contributed by atoms with E-state index in [1.54, 1.807) is 11.3 Å². The molecule has 4 fully saturated rings. The molecule has 1 aromatic heterocycles. The molecule has 1 heterocycles. The lowest BCUT2D eigenvalue weighted by Gasteiger charge is -2.62. The van der Waals surface area contributed by atoms with Crippen molar-refractivity contribution < 1.29 is 29.0 Å². The average molecular weight is 749 g/mol. The average Bonchev–Trinajstić information content (AvgIpc) is 3.60. The molecule has 9 heteroatoms. The number of carbonyl (C=O) groups excluding carboxylic acids is 3. The highest BCUT2D eigenvalue weighted by Crippen LogP contribution is 2.68. The summed E-state index contributed by atoms with van der Waals surface area (Å²) in [6.07, 6.45) is 11.3. The van der Waals surface area contributed by atoms with E-state index in [0.29, 0.717) is 68.0 Å². The van der Waals surface area contributed by atoms with E-state index >= 15 is 0 Å². The van der Waals surface area contributed by atoms with E-state index in [1.165, 1.54) is 4.88 Å². The minimum atomic E-state index is -0.775. The molecule has 48 heavy (non-hydrogen) atoms. The van der Waals surface area contributed by atoms with E-state index in [1.807, 2.05) is 0 Å². The molecule has 0 bridgehead atoms. The Morgan fingerprint density at radius 1 is 1.00 bits per heavy atom. The van der Waals surface area contributed by atoms with Crippen LogP contribution >= 0.6 is 27.3 Å². The summed E-state index contributed by atoms with van der Waals surface area (Å²) in [5.74, 6) is 1.94. The van der Waals surface area contributed by atoms with Gasteiger partial charge in [-0.15, -0.1) is 11.3 Å². The second-order valence-corrected chi connectivity index (χ2v) is 19.1. The Bertz CT molecular complexity index is 1330. The lowest BCUT2D eigenvalue weighted by atomic mass is 9.43. The maximum Gasteiger partial charge on any atom is 0.306 e. The number of amides is 1. The quantitative estimate of drug-likeness (QED) is 0.145. The number of hydrogen-bond acceptors (Lipinski definition) is 6. The number of rotatable bonds is 14. The fourth-order valence-electron chi connectivity index (χ4n) is 10.9. The highest BCUT2D eigenvalue weighted by atomic mass is 79.9. The number of carbonyl (C=O) groups is 4. The van der Waals surface area contributed by atoms with Gasteiger partial charge in [0.15, 0.2) is 0 Å². The first kappa shape index (κ1) is 37.5. The van der Waals surface area contributed by atoms with Crippen LogP contribution in [0.5, 0.6) is 0 Å². The highest BCUT2D eigenvalue weighted by Gasteiger charge is 2.64. The highest BCUT2D eigenvalue weighted by molar-refractivity contribution is 9.11. The molecule has 0 saturated heterocycles. The number of fused-ring (bicyclic) bond motifs is 5. The van der Waals surface area contributed by atoms with Crippen molar-refractivity contribution in [3.8, 4) is 0 Å². The third-order valence-corrected chi connectivity index (χ3v) is 15.1. The van der Waals surface area contributed by atoms with Crippen LogP contribution in [0.15, 0.2) is 15.9 Å². The van der Waals surface area contributed by atoms with Gasteiger partial charge in [0.1, 0.15) is 11.9 Å². The molecule has 1 aromatic rings. The monoisotopic (exact) mass is 747 g/mol. The first-order valence-electron chi connectivity index (χ1n) is 18.7. The van der Waals surface area contributed by atoms with Gasteiger partial charge in [0, 0.05) is 42.9 Å². The maximum absolute atomic E-state index is 13.5. The fourth-order valence-corrected chi connectivity index (χ4v) is 12.6. The molecule has 2 N–H and O–H groups in total. The Hall–Kier alpha value is -1.74. The summed E-state index contributed by atoms with van der Waals surface area (Å²) in [5.41, 5.74) is 0.179. The molecule has 0 aromatic carbocycles. The Morgan fingerprint density at radius 3 is 2.38 bits per heavy atom. The van der Waals surface area contributed by atoms with Crippen LogP contribution in [0.3, 0.4) is 0 Å². The smallest absolute Gasteiger partial charge is 0.306 e. The number of hydrogen-bond donors (Lipinski definition) is 2. The Labute approximate surface area is 300 Å². The van der Waals surface area contributed by atoms with Gasteiger partial charge < -0.3 is 15.2 Å². The van der Waals surface area contributed by atoms with Crippen molar-refractivity contribution in [3.63, 3.8) is 0 Å². The summed E-state index contributed by atoms with van der Waals surface area (Å²) in [6, 6.07) is 4.16. The number of halogens is 1. The van der Waals surface area contributed by atoms with Crippen LogP contribution in [0, 0.1) is 52.3 Å². The van der Waals surface area contributed by atoms with Gasteiger partial charge in [-0.2, -0.15) is 0 Å². The van der Waals surface area contributed by atoms with E-state index in [4.69, 9.17) is 9.84 Å². The zero-order valence-electron chi connectivity index (χ0n) is 29.7. The second-order valence-electron chi connectivity index (χ2n) is 16.6. The van der Waals surface area contributed by atoms with Gasteiger partial charge in [-0.1, -0.05) is 47.5 Å². The molecule has 10 atom stereocenters. The third-order valence-electron chi connectivity index (χ3n) is 13.4. The van der Waals surface area contributed by atoms with Crippen molar-refractivity contribution in [3.05, 3.63) is 20.8 Å². The molecule has 0 radical (unpaired) electrons. The van der Waals surface area contributed by atoms with Crippen molar-refractivity contribution in [2.24, 2.45) is 52.3 Å². The topological polar surface area (TPSA) is 110 Å². The normalized spacial score (nSPS) is 34.1. The molecular formula is C39H58BrNO6S. The second kappa shape index (κ2) is 15.7. The van der Waals surface area contributed by atoms with Crippen LogP contribution in [-0.4, -0.2) is 34.8 Å². The summed E-state index contributed by atoms with van der Waals surface area (Å²) < 4.78 is 7.52. The molecule has 0 aliphatic heterocycles. The van der Waals surface area contributed by atoms with Crippen LogP contribution in [-0.2, 0) is 23.9 Å². The number of carboxylic acids is 1.